The molecule has 0 bridgehead atoms. The van der Waals surface area contributed by atoms with Gasteiger partial charge in [-0.1, -0.05) is 0 Å². The highest BCUT2D eigenvalue weighted by Gasteiger charge is 2.33. The Labute approximate surface area is 69.5 Å². The number of hydrogen-bond acceptors (Lipinski definition) is 6. The zero-order valence-corrected chi connectivity index (χ0v) is 7.11. The van der Waals surface area contributed by atoms with Crippen molar-refractivity contribution in [1.82, 2.24) is 0 Å². The van der Waals surface area contributed by atoms with Gasteiger partial charge >= 0.3 is 16.4 Å². The number of aliphatic hydroxyl groups excluding tert-OH is 1. The normalized spacial score (nSPS) is 17.3. The molecule has 1 atom stereocenters. The van der Waals surface area contributed by atoms with Gasteiger partial charge in [0.15, 0.2) is 0 Å². The molecule has 74 valence electrons. The smallest absolute Gasteiger partial charge is 0.388 e. The fourth-order valence-electron chi connectivity index (χ4n) is 0.486. The Kier molecular flexibility index (Phi) is 4.03. The van der Waals surface area contributed by atoms with Crippen molar-refractivity contribution >= 4 is 10.4 Å². The maximum absolute atomic E-state index is 10.1. The molecule has 1 unspecified atom stereocenters. The van der Waals surface area contributed by atoms with Crippen LogP contribution in [0, 0.1) is 0 Å². The Bertz CT molecular complexity index is 222. The fourth-order valence-corrected chi connectivity index (χ4v) is 0.916. The first-order valence-electron chi connectivity index (χ1n) is 2.98. The lowest BCUT2D eigenvalue weighted by Gasteiger charge is -2.22. The molecule has 0 heterocycles. The van der Waals surface area contributed by atoms with Crippen LogP contribution in [-0.4, -0.2) is 42.4 Å². The summed E-state index contributed by atoms with van der Waals surface area (Å²) >= 11 is 0. The summed E-state index contributed by atoms with van der Waals surface area (Å²) in [6.45, 7) is 0.237. The van der Waals surface area contributed by atoms with Crippen LogP contribution in [0.4, 0.5) is 0 Å². The Morgan fingerprint density at radius 3 is 2.25 bits per heavy atom. The first-order valence-corrected chi connectivity index (χ1v) is 4.35. The molecular formula is C4H10O7S. The molecule has 0 aliphatic rings. The zero-order valence-electron chi connectivity index (χ0n) is 6.30. The minimum atomic E-state index is -4.85. The van der Waals surface area contributed by atoms with Gasteiger partial charge in [-0.05, 0) is 6.92 Å². The quantitative estimate of drug-likeness (QED) is 0.366. The minimum Gasteiger partial charge on any atom is -0.388 e. The molecule has 12 heavy (non-hydrogen) atoms. The standard InChI is InChI=1S/C4H10O7S/c1-2-10-4(6,3-5)11-12(7,8)9/h5-6H,2-3H2,1H3,(H,7,8,9). The van der Waals surface area contributed by atoms with Gasteiger partial charge in [-0.25, -0.2) is 0 Å². The van der Waals surface area contributed by atoms with E-state index in [4.69, 9.17) is 14.8 Å². The van der Waals surface area contributed by atoms with Crippen molar-refractivity contribution in [2.45, 2.75) is 12.9 Å². The molecular weight excluding hydrogens is 192 g/mol. The molecule has 0 aromatic rings. The third-order valence-electron chi connectivity index (χ3n) is 0.805. The molecule has 0 saturated heterocycles. The number of hydrogen-bond donors (Lipinski definition) is 3. The molecule has 7 nitrogen and oxygen atoms in total. The molecule has 8 heteroatoms. The van der Waals surface area contributed by atoms with Crippen LogP contribution in [0.15, 0.2) is 0 Å². The van der Waals surface area contributed by atoms with E-state index in [1.165, 1.54) is 6.92 Å². The molecule has 0 aromatic carbocycles. The lowest BCUT2D eigenvalue weighted by atomic mass is 10.6. The Hall–Kier alpha value is -0.250. The second-order valence-electron chi connectivity index (χ2n) is 1.81. The summed E-state index contributed by atoms with van der Waals surface area (Å²) in [5.74, 6) is -2.71. The van der Waals surface area contributed by atoms with Crippen molar-refractivity contribution in [3.05, 3.63) is 0 Å². The van der Waals surface area contributed by atoms with Crippen LogP contribution in [0.2, 0.25) is 0 Å². The van der Waals surface area contributed by atoms with Gasteiger partial charge in [0.2, 0.25) is 0 Å². The number of aliphatic hydroxyl groups is 2. The summed E-state index contributed by atoms with van der Waals surface area (Å²) in [5.41, 5.74) is 0. The summed E-state index contributed by atoms with van der Waals surface area (Å²) in [4.78, 5) is 0. The van der Waals surface area contributed by atoms with Crippen LogP contribution in [0.25, 0.3) is 0 Å². The monoisotopic (exact) mass is 202 g/mol. The molecule has 0 rings (SSSR count). The summed E-state index contributed by atoms with van der Waals surface area (Å²) in [6.07, 6.45) is 0. The summed E-state index contributed by atoms with van der Waals surface area (Å²) in [6, 6.07) is 0. The molecule has 3 N–H and O–H groups in total. The number of rotatable bonds is 5. The Morgan fingerprint density at radius 1 is 1.50 bits per heavy atom. The second-order valence-corrected chi connectivity index (χ2v) is 2.84. The molecule has 0 aliphatic heterocycles. The van der Waals surface area contributed by atoms with E-state index in [2.05, 4.69) is 8.92 Å². The molecule has 0 fully saturated rings. The van der Waals surface area contributed by atoms with Gasteiger partial charge in [0.25, 0.3) is 0 Å². The SMILES string of the molecule is CCOC(O)(CO)OS(=O)(=O)O. The number of ether oxygens (including phenoxy) is 1. The molecule has 0 saturated carbocycles. The average Bonchev–Trinajstić information content (AvgIpc) is 1.84. The van der Waals surface area contributed by atoms with Gasteiger partial charge < -0.3 is 14.9 Å². The van der Waals surface area contributed by atoms with E-state index in [0.29, 0.717) is 0 Å². The lowest BCUT2D eigenvalue weighted by Crippen LogP contribution is -2.41. The maximum Gasteiger partial charge on any atom is 0.402 e. The van der Waals surface area contributed by atoms with Crippen LogP contribution < -0.4 is 0 Å². The van der Waals surface area contributed by atoms with Crippen molar-refractivity contribution in [2.24, 2.45) is 0 Å². The van der Waals surface area contributed by atoms with Gasteiger partial charge in [-0.15, -0.1) is 0 Å². The molecule has 0 spiro atoms. The van der Waals surface area contributed by atoms with E-state index >= 15 is 0 Å². The van der Waals surface area contributed by atoms with Gasteiger partial charge in [0.1, 0.15) is 6.61 Å². The Morgan fingerprint density at radius 2 is 2.00 bits per heavy atom. The predicted octanol–water partition coefficient (Wildman–Crippen LogP) is -1.52. The van der Waals surface area contributed by atoms with Gasteiger partial charge in [-0.2, -0.15) is 12.6 Å². The van der Waals surface area contributed by atoms with Gasteiger partial charge in [0.05, 0.1) is 0 Å². The lowest BCUT2D eigenvalue weighted by molar-refractivity contribution is -0.332. The van der Waals surface area contributed by atoms with E-state index in [9.17, 15) is 8.42 Å². The van der Waals surface area contributed by atoms with Crippen molar-refractivity contribution in [3.8, 4) is 0 Å². The highest BCUT2D eigenvalue weighted by Crippen LogP contribution is 2.10. The van der Waals surface area contributed by atoms with Crippen LogP contribution >= 0.6 is 0 Å². The van der Waals surface area contributed by atoms with Crippen molar-refractivity contribution in [2.75, 3.05) is 13.2 Å². The fraction of sp³-hybridized carbons (Fsp3) is 1.00. The molecule has 0 amide bonds. The van der Waals surface area contributed by atoms with Crippen molar-refractivity contribution < 1.29 is 32.1 Å². The molecule has 0 aromatic heterocycles. The Balaban J connectivity index is 4.34. The van der Waals surface area contributed by atoms with Crippen molar-refractivity contribution in [3.63, 3.8) is 0 Å². The van der Waals surface area contributed by atoms with Crippen LogP contribution in [0.5, 0.6) is 0 Å². The predicted molar refractivity (Wildman–Crippen MR) is 36.3 cm³/mol. The third kappa shape index (κ3) is 4.59. The summed E-state index contributed by atoms with van der Waals surface area (Å²) in [7, 11) is -4.85. The topological polar surface area (TPSA) is 113 Å². The van der Waals surface area contributed by atoms with Gasteiger partial charge in [0, 0.05) is 6.61 Å². The van der Waals surface area contributed by atoms with E-state index in [1.54, 1.807) is 0 Å². The van der Waals surface area contributed by atoms with Crippen LogP contribution in [-0.2, 0) is 19.3 Å². The first kappa shape index (κ1) is 11.8. The van der Waals surface area contributed by atoms with Crippen LogP contribution in [0.1, 0.15) is 6.92 Å². The molecule has 0 radical (unpaired) electrons. The minimum absolute atomic E-state index is 0.0907. The van der Waals surface area contributed by atoms with Crippen molar-refractivity contribution in [1.29, 1.82) is 0 Å². The zero-order chi connectivity index (χ0) is 9.83. The third-order valence-corrected chi connectivity index (χ3v) is 1.28. The summed E-state index contributed by atoms with van der Waals surface area (Å²) < 4.78 is 36.2. The first-order chi connectivity index (χ1) is 5.33. The largest absolute Gasteiger partial charge is 0.402 e. The average molecular weight is 202 g/mol. The second kappa shape index (κ2) is 4.12. The summed E-state index contributed by atoms with van der Waals surface area (Å²) in [5, 5.41) is 17.3. The van der Waals surface area contributed by atoms with Crippen LogP contribution in [0.3, 0.4) is 0 Å². The van der Waals surface area contributed by atoms with E-state index in [0.717, 1.165) is 0 Å². The molecule has 0 aliphatic carbocycles. The van der Waals surface area contributed by atoms with E-state index in [-0.39, 0.29) is 6.61 Å². The highest BCUT2D eigenvalue weighted by molar-refractivity contribution is 7.80. The van der Waals surface area contributed by atoms with E-state index in [1.807, 2.05) is 0 Å². The maximum atomic E-state index is 10.1. The van der Waals surface area contributed by atoms with E-state index < -0.39 is 23.0 Å². The highest BCUT2D eigenvalue weighted by atomic mass is 32.3. The van der Waals surface area contributed by atoms with Gasteiger partial charge in [-0.3, -0.25) is 4.55 Å².